The number of rotatable bonds is 7. The van der Waals surface area contributed by atoms with Gasteiger partial charge in [0.15, 0.2) is 0 Å². The number of aromatic nitrogens is 2. The van der Waals surface area contributed by atoms with Gasteiger partial charge in [-0.05, 0) is 32.1 Å². The lowest BCUT2D eigenvalue weighted by Gasteiger charge is -2.27. The van der Waals surface area contributed by atoms with Gasteiger partial charge in [0.1, 0.15) is 5.60 Å². The van der Waals surface area contributed by atoms with Crippen molar-refractivity contribution in [1.29, 1.82) is 0 Å². The van der Waals surface area contributed by atoms with Gasteiger partial charge >= 0.3 is 0 Å². The van der Waals surface area contributed by atoms with Gasteiger partial charge in [-0.2, -0.15) is 5.10 Å². The molecule has 2 rings (SSSR count). The third kappa shape index (κ3) is 3.83. The van der Waals surface area contributed by atoms with Crippen molar-refractivity contribution in [1.82, 2.24) is 15.1 Å². The Bertz CT molecular complexity index is 414. The van der Waals surface area contributed by atoms with Gasteiger partial charge in [-0.15, -0.1) is 0 Å². The highest BCUT2D eigenvalue weighted by Gasteiger charge is 2.30. The van der Waals surface area contributed by atoms with Crippen molar-refractivity contribution in [3.05, 3.63) is 18.0 Å². The Labute approximate surface area is 122 Å². The van der Waals surface area contributed by atoms with Crippen LogP contribution >= 0.6 is 0 Å². The summed E-state index contributed by atoms with van der Waals surface area (Å²) in [5, 5.41) is 18.4. The summed E-state index contributed by atoms with van der Waals surface area (Å²) in [6.07, 6.45) is 11.5. The summed E-state index contributed by atoms with van der Waals surface area (Å²) < 4.78 is 1.74. The van der Waals surface area contributed by atoms with Gasteiger partial charge in [-0.3, -0.25) is 4.68 Å². The van der Waals surface area contributed by atoms with Crippen molar-refractivity contribution in [2.24, 2.45) is 13.0 Å². The number of unbranched alkanes of at least 4 members (excludes halogenated alkanes) is 1. The summed E-state index contributed by atoms with van der Waals surface area (Å²) in [4.78, 5) is 0. The second-order valence-corrected chi connectivity index (χ2v) is 6.50. The normalized spacial score (nSPS) is 25.8. The number of aryl methyl sites for hydroxylation is 1. The lowest BCUT2D eigenvalue weighted by Crippen LogP contribution is -2.42. The largest absolute Gasteiger partial charge is 0.384 e. The first-order valence-electron chi connectivity index (χ1n) is 7.98. The van der Waals surface area contributed by atoms with Crippen LogP contribution in [0.15, 0.2) is 12.4 Å². The van der Waals surface area contributed by atoms with Gasteiger partial charge in [0.05, 0.1) is 6.20 Å². The van der Waals surface area contributed by atoms with Crippen molar-refractivity contribution in [2.75, 3.05) is 6.54 Å². The van der Waals surface area contributed by atoms with E-state index >= 15 is 0 Å². The van der Waals surface area contributed by atoms with Gasteiger partial charge in [0.2, 0.25) is 0 Å². The van der Waals surface area contributed by atoms with E-state index in [2.05, 4.69) is 17.3 Å². The van der Waals surface area contributed by atoms with Crippen LogP contribution < -0.4 is 5.32 Å². The Kier molecular flexibility index (Phi) is 5.22. The number of hydrogen-bond donors (Lipinski definition) is 2. The molecule has 1 aromatic heterocycles. The fourth-order valence-electron chi connectivity index (χ4n) is 3.25. The number of nitrogens with one attached hydrogen (secondary N) is 1. The van der Waals surface area contributed by atoms with E-state index in [1.807, 2.05) is 20.2 Å². The third-order valence-electron chi connectivity index (χ3n) is 4.62. The van der Waals surface area contributed by atoms with Crippen LogP contribution in [0.5, 0.6) is 0 Å². The van der Waals surface area contributed by atoms with Crippen LogP contribution in [0, 0.1) is 5.92 Å². The first-order valence-corrected chi connectivity index (χ1v) is 7.98. The standard InChI is InChI=1S/C16H29N3O/c1-4-5-7-13-8-6-9-15(13)17-12-16(2,20)14-10-18-19(3)11-14/h10-11,13,15,17,20H,4-9,12H2,1-3H3. The molecule has 1 aliphatic carbocycles. The average Bonchev–Trinajstić information content (AvgIpc) is 3.03. The van der Waals surface area contributed by atoms with Gasteiger partial charge in [-0.25, -0.2) is 0 Å². The molecule has 0 bridgehead atoms. The molecule has 1 aromatic rings. The smallest absolute Gasteiger partial charge is 0.102 e. The van der Waals surface area contributed by atoms with E-state index in [1.54, 1.807) is 10.9 Å². The highest BCUT2D eigenvalue weighted by molar-refractivity contribution is 5.14. The van der Waals surface area contributed by atoms with Gasteiger partial charge < -0.3 is 10.4 Å². The maximum atomic E-state index is 10.6. The number of hydrogen-bond acceptors (Lipinski definition) is 3. The minimum Gasteiger partial charge on any atom is -0.384 e. The van der Waals surface area contributed by atoms with E-state index in [4.69, 9.17) is 0 Å². The molecule has 1 heterocycles. The van der Waals surface area contributed by atoms with E-state index < -0.39 is 5.60 Å². The Morgan fingerprint density at radius 2 is 2.30 bits per heavy atom. The molecule has 1 fully saturated rings. The maximum Gasteiger partial charge on any atom is 0.102 e. The average molecular weight is 279 g/mol. The molecule has 0 saturated heterocycles. The zero-order valence-corrected chi connectivity index (χ0v) is 13.1. The minimum absolute atomic E-state index is 0.574. The maximum absolute atomic E-state index is 10.6. The summed E-state index contributed by atoms with van der Waals surface area (Å²) in [7, 11) is 1.88. The molecule has 4 heteroatoms. The molecule has 0 radical (unpaired) electrons. The fraction of sp³-hybridized carbons (Fsp3) is 0.812. The van der Waals surface area contributed by atoms with Crippen LogP contribution in [-0.4, -0.2) is 27.5 Å². The fourth-order valence-corrected chi connectivity index (χ4v) is 3.25. The zero-order valence-electron chi connectivity index (χ0n) is 13.1. The van der Waals surface area contributed by atoms with Crippen LogP contribution in [-0.2, 0) is 12.6 Å². The van der Waals surface area contributed by atoms with E-state index in [0.717, 1.165) is 11.5 Å². The predicted molar refractivity (Wildman–Crippen MR) is 81.4 cm³/mol. The molecule has 0 aromatic carbocycles. The number of aliphatic hydroxyl groups is 1. The summed E-state index contributed by atoms with van der Waals surface area (Å²) >= 11 is 0. The first-order chi connectivity index (χ1) is 9.53. The van der Waals surface area contributed by atoms with Gasteiger partial charge in [-0.1, -0.05) is 26.2 Å². The van der Waals surface area contributed by atoms with E-state index in [0.29, 0.717) is 12.6 Å². The van der Waals surface area contributed by atoms with Gasteiger partial charge in [0, 0.05) is 31.4 Å². The molecule has 1 saturated carbocycles. The van der Waals surface area contributed by atoms with Crippen LogP contribution in [0.3, 0.4) is 0 Å². The quantitative estimate of drug-likeness (QED) is 0.806. The Morgan fingerprint density at radius 1 is 1.50 bits per heavy atom. The highest BCUT2D eigenvalue weighted by atomic mass is 16.3. The van der Waals surface area contributed by atoms with Crippen molar-refractivity contribution >= 4 is 0 Å². The van der Waals surface area contributed by atoms with Gasteiger partial charge in [0.25, 0.3) is 0 Å². The number of nitrogens with zero attached hydrogens (tertiary/aromatic N) is 2. The van der Waals surface area contributed by atoms with Crippen molar-refractivity contribution in [3.63, 3.8) is 0 Å². The highest BCUT2D eigenvalue weighted by Crippen LogP contribution is 2.30. The second kappa shape index (κ2) is 6.72. The SMILES string of the molecule is CCCCC1CCCC1NCC(C)(O)c1cnn(C)c1. The molecule has 0 aliphatic heterocycles. The van der Waals surface area contributed by atoms with Crippen molar-refractivity contribution < 1.29 is 5.11 Å². The molecule has 0 spiro atoms. The molecule has 114 valence electrons. The topological polar surface area (TPSA) is 50.1 Å². The molecular weight excluding hydrogens is 250 g/mol. The summed E-state index contributed by atoms with van der Waals surface area (Å²) in [6.45, 7) is 4.73. The molecule has 2 N–H and O–H groups in total. The zero-order chi connectivity index (χ0) is 14.6. The summed E-state index contributed by atoms with van der Waals surface area (Å²) in [5.74, 6) is 0.791. The van der Waals surface area contributed by atoms with Crippen LogP contribution in [0.25, 0.3) is 0 Å². The Hall–Kier alpha value is -0.870. The van der Waals surface area contributed by atoms with Crippen LogP contribution in [0.1, 0.15) is 57.9 Å². The van der Waals surface area contributed by atoms with E-state index in [-0.39, 0.29) is 0 Å². The molecule has 0 amide bonds. The summed E-state index contributed by atoms with van der Waals surface area (Å²) in [6, 6.07) is 0.574. The monoisotopic (exact) mass is 279 g/mol. The minimum atomic E-state index is -0.841. The second-order valence-electron chi connectivity index (χ2n) is 6.50. The molecule has 4 nitrogen and oxygen atoms in total. The first kappa shape index (κ1) is 15.5. The molecule has 20 heavy (non-hydrogen) atoms. The van der Waals surface area contributed by atoms with Crippen LogP contribution in [0.2, 0.25) is 0 Å². The van der Waals surface area contributed by atoms with Crippen molar-refractivity contribution in [3.8, 4) is 0 Å². The molecule has 1 aliphatic rings. The lowest BCUT2D eigenvalue weighted by molar-refractivity contribution is 0.0519. The lowest BCUT2D eigenvalue weighted by atomic mass is 9.94. The molecule has 3 atom stereocenters. The molecule has 3 unspecified atom stereocenters. The third-order valence-corrected chi connectivity index (χ3v) is 4.62. The van der Waals surface area contributed by atoms with Crippen molar-refractivity contribution in [2.45, 2.75) is 64.0 Å². The van der Waals surface area contributed by atoms with E-state index in [9.17, 15) is 5.11 Å². The Balaban J connectivity index is 1.87. The molecular formula is C16H29N3O. The Morgan fingerprint density at radius 3 is 2.95 bits per heavy atom. The van der Waals surface area contributed by atoms with Crippen LogP contribution in [0.4, 0.5) is 0 Å². The van der Waals surface area contributed by atoms with E-state index in [1.165, 1.54) is 38.5 Å². The predicted octanol–water partition coefficient (Wildman–Crippen LogP) is 2.58. The summed E-state index contributed by atoms with van der Waals surface area (Å²) in [5.41, 5.74) is 0.0437.